The molecule has 2 nitrogen and oxygen atoms in total. The van der Waals surface area contributed by atoms with E-state index in [1.54, 1.807) is 0 Å². The van der Waals surface area contributed by atoms with Crippen molar-refractivity contribution in [2.75, 3.05) is 6.61 Å². The van der Waals surface area contributed by atoms with Crippen LogP contribution in [0.5, 0.6) is 0 Å². The number of ether oxygens (including phenoxy) is 1. The van der Waals surface area contributed by atoms with E-state index in [9.17, 15) is 4.39 Å². The van der Waals surface area contributed by atoms with Crippen LogP contribution >= 0.6 is 11.6 Å². The maximum absolute atomic E-state index is 13.0. The molecule has 74 valence electrons. The molecule has 0 aromatic rings. The molecule has 0 aromatic carbocycles. The fourth-order valence-corrected chi connectivity index (χ4v) is 1.78. The molecule has 0 spiro atoms. The molecule has 4 atom stereocenters. The van der Waals surface area contributed by atoms with Crippen LogP contribution in [-0.4, -0.2) is 30.3 Å². The summed E-state index contributed by atoms with van der Waals surface area (Å²) in [6.45, 7) is 0.206. The number of hydrogen-bond donors (Lipinski definition) is 1. The molecule has 0 aromatic heterocycles. The van der Waals surface area contributed by atoms with Crippen LogP contribution in [-0.2, 0) is 4.74 Å². The molecule has 0 saturated heterocycles. The molecular weight excluding hydrogens is 193 g/mol. The van der Waals surface area contributed by atoms with Crippen LogP contribution in [0.25, 0.3) is 0 Å². The molecule has 0 heterocycles. The monoisotopic (exact) mass is 205 g/mol. The first-order valence-corrected chi connectivity index (χ1v) is 4.67. The highest BCUT2D eigenvalue weighted by Crippen LogP contribution is 2.27. The Morgan fingerprint density at radius 3 is 2.92 bits per heavy atom. The van der Waals surface area contributed by atoms with Crippen LogP contribution in [0, 0.1) is 12.3 Å². The van der Waals surface area contributed by atoms with Gasteiger partial charge in [0, 0.05) is 6.04 Å². The van der Waals surface area contributed by atoms with Gasteiger partial charge >= 0.3 is 0 Å². The molecule has 0 amide bonds. The largest absolute Gasteiger partial charge is 0.364 e. The first kappa shape index (κ1) is 10.8. The fraction of sp³-hybridized carbons (Fsp3) is 0.778. The van der Waals surface area contributed by atoms with E-state index in [1.807, 2.05) is 0 Å². The Morgan fingerprint density at radius 1 is 1.62 bits per heavy atom. The molecule has 4 heteroatoms. The van der Waals surface area contributed by atoms with E-state index in [0.29, 0.717) is 6.42 Å². The van der Waals surface area contributed by atoms with Gasteiger partial charge in [-0.3, -0.25) is 0 Å². The van der Waals surface area contributed by atoms with Gasteiger partial charge in [0.25, 0.3) is 0 Å². The fourth-order valence-electron chi connectivity index (χ4n) is 1.43. The summed E-state index contributed by atoms with van der Waals surface area (Å²) in [7, 11) is 0. The third kappa shape index (κ3) is 2.84. The van der Waals surface area contributed by atoms with Crippen LogP contribution in [0.4, 0.5) is 4.39 Å². The first-order valence-electron chi connectivity index (χ1n) is 4.24. The third-order valence-corrected chi connectivity index (χ3v) is 2.66. The second kappa shape index (κ2) is 4.80. The van der Waals surface area contributed by atoms with Crippen LogP contribution in [0.1, 0.15) is 12.8 Å². The second-order valence-electron chi connectivity index (χ2n) is 3.22. The van der Waals surface area contributed by atoms with Gasteiger partial charge in [-0.1, -0.05) is 5.92 Å². The molecule has 2 N–H and O–H groups in total. The molecule has 1 aliphatic rings. The quantitative estimate of drug-likeness (QED) is 0.541. The maximum atomic E-state index is 13.0. The van der Waals surface area contributed by atoms with E-state index in [4.69, 9.17) is 28.5 Å². The number of terminal acetylenes is 1. The van der Waals surface area contributed by atoms with Crippen molar-refractivity contribution in [1.29, 1.82) is 0 Å². The van der Waals surface area contributed by atoms with E-state index in [1.165, 1.54) is 0 Å². The summed E-state index contributed by atoms with van der Waals surface area (Å²) in [5.41, 5.74) is 5.54. The van der Waals surface area contributed by atoms with Crippen molar-refractivity contribution >= 4 is 11.6 Å². The summed E-state index contributed by atoms with van der Waals surface area (Å²) in [6.07, 6.45) is 4.49. The zero-order chi connectivity index (χ0) is 9.84. The number of alkyl halides is 2. The van der Waals surface area contributed by atoms with Gasteiger partial charge < -0.3 is 10.5 Å². The van der Waals surface area contributed by atoms with Gasteiger partial charge in [0.2, 0.25) is 0 Å². The summed E-state index contributed by atoms with van der Waals surface area (Å²) in [4.78, 5) is 0. The lowest BCUT2D eigenvalue weighted by Gasteiger charge is -2.32. The van der Waals surface area contributed by atoms with Gasteiger partial charge in [-0.15, -0.1) is 18.0 Å². The Bertz CT molecular complexity index is 206. The van der Waals surface area contributed by atoms with Gasteiger partial charge in [-0.05, 0) is 12.8 Å². The summed E-state index contributed by atoms with van der Waals surface area (Å²) < 4.78 is 18.3. The minimum atomic E-state index is -1.02. The molecule has 1 saturated carbocycles. The van der Waals surface area contributed by atoms with Crippen molar-refractivity contribution in [3.05, 3.63) is 0 Å². The average Bonchev–Trinajstić information content (AvgIpc) is 2.09. The minimum absolute atomic E-state index is 0.206. The predicted octanol–water partition coefficient (Wildman–Crippen LogP) is 1.07. The Morgan fingerprint density at radius 2 is 2.31 bits per heavy atom. The number of rotatable bonds is 2. The van der Waals surface area contributed by atoms with Crippen molar-refractivity contribution in [2.45, 2.75) is 36.5 Å². The van der Waals surface area contributed by atoms with Gasteiger partial charge in [0.1, 0.15) is 12.8 Å². The van der Waals surface area contributed by atoms with E-state index >= 15 is 0 Å². The van der Waals surface area contributed by atoms with Gasteiger partial charge in [0.15, 0.2) is 0 Å². The third-order valence-electron chi connectivity index (χ3n) is 2.20. The Balaban J connectivity index is 2.42. The Hall–Kier alpha value is -0.300. The highest BCUT2D eigenvalue weighted by molar-refractivity contribution is 6.21. The minimum Gasteiger partial charge on any atom is -0.364 e. The van der Waals surface area contributed by atoms with Crippen molar-refractivity contribution in [3.8, 4) is 12.3 Å². The van der Waals surface area contributed by atoms with Crippen LogP contribution < -0.4 is 5.73 Å². The van der Waals surface area contributed by atoms with Crippen LogP contribution in [0.2, 0.25) is 0 Å². The molecule has 0 aliphatic heterocycles. The average molecular weight is 206 g/mol. The SMILES string of the molecule is C#CCOC1CC(N)C(F)CC1Cl. The summed E-state index contributed by atoms with van der Waals surface area (Å²) in [6, 6.07) is -0.474. The molecule has 0 bridgehead atoms. The first-order chi connectivity index (χ1) is 6.15. The zero-order valence-corrected chi connectivity index (χ0v) is 8.01. The van der Waals surface area contributed by atoms with Crippen molar-refractivity contribution < 1.29 is 9.13 Å². The summed E-state index contributed by atoms with van der Waals surface area (Å²) >= 11 is 5.89. The molecule has 1 fully saturated rings. The standard InChI is InChI=1S/C9H13ClFNO/c1-2-3-13-9-5-8(12)7(11)4-6(9)10/h1,6-9H,3-5,12H2. The Labute approximate surface area is 82.6 Å². The topological polar surface area (TPSA) is 35.2 Å². The Kier molecular flexibility index (Phi) is 3.98. The lowest BCUT2D eigenvalue weighted by Crippen LogP contribution is -2.46. The van der Waals surface area contributed by atoms with Gasteiger partial charge in [-0.25, -0.2) is 4.39 Å². The molecular formula is C9H13ClFNO. The molecule has 4 unspecified atom stereocenters. The van der Waals surface area contributed by atoms with Crippen LogP contribution in [0.3, 0.4) is 0 Å². The maximum Gasteiger partial charge on any atom is 0.117 e. The van der Waals surface area contributed by atoms with Crippen molar-refractivity contribution in [1.82, 2.24) is 0 Å². The summed E-state index contributed by atoms with van der Waals surface area (Å²) in [5.74, 6) is 2.35. The second-order valence-corrected chi connectivity index (χ2v) is 3.78. The molecule has 13 heavy (non-hydrogen) atoms. The number of halogens is 2. The van der Waals surface area contributed by atoms with Gasteiger partial charge in [0.05, 0.1) is 11.5 Å². The van der Waals surface area contributed by atoms with E-state index < -0.39 is 12.2 Å². The van der Waals surface area contributed by atoms with E-state index in [2.05, 4.69) is 5.92 Å². The smallest absolute Gasteiger partial charge is 0.117 e. The highest BCUT2D eigenvalue weighted by Gasteiger charge is 2.34. The summed E-state index contributed by atoms with van der Waals surface area (Å²) in [5, 5.41) is -0.317. The van der Waals surface area contributed by atoms with E-state index in [0.717, 1.165) is 0 Å². The zero-order valence-electron chi connectivity index (χ0n) is 7.25. The molecule has 1 aliphatic carbocycles. The van der Waals surface area contributed by atoms with Crippen molar-refractivity contribution in [3.63, 3.8) is 0 Å². The lowest BCUT2D eigenvalue weighted by atomic mass is 9.91. The van der Waals surface area contributed by atoms with Crippen LogP contribution in [0.15, 0.2) is 0 Å². The van der Waals surface area contributed by atoms with Crippen molar-refractivity contribution in [2.24, 2.45) is 5.73 Å². The number of nitrogens with two attached hydrogens (primary N) is 1. The lowest BCUT2D eigenvalue weighted by molar-refractivity contribution is 0.0259. The van der Waals surface area contributed by atoms with Gasteiger partial charge in [-0.2, -0.15) is 0 Å². The molecule has 1 rings (SSSR count). The number of hydrogen-bond acceptors (Lipinski definition) is 2. The highest BCUT2D eigenvalue weighted by atomic mass is 35.5. The normalized spacial score (nSPS) is 39.8. The predicted molar refractivity (Wildman–Crippen MR) is 50.3 cm³/mol. The van der Waals surface area contributed by atoms with E-state index in [-0.39, 0.29) is 24.5 Å². The molecule has 0 radical (unpaired) electrons.